The summed E-state index contributed by atoms with van der Waals surface area (Å²) in [6.45, 7) is 1.96. The molecule has 0 bridgehead atoms. The molecule has 0 aliphatic rings. The van der Waals surface area contributed by atoms with Crippen molar-refractivity contribution in [3.63, 3.8) is 0 Å². The van der Waals surface area contributed by atoms with Crippen LogP contribution in [0.5, 0.6) is 0 Å². The third-order valence-electron chi connectivity index (χ3n) is 3.13. The lowest BCUT2D eigenvalue weighted by atomic mass is 10.0. The summed E-state index contributed by atoms with van der Waals surface area (Å²) >= 11 is 1.33. The Morgan fingerprint density at radius 3 is 2.78 bits per heavy atom. The van der Waals surface area contributed by atoms with Gasteiger partial charge in [0, 0.05) is 17.2 Å². The molecule has 3 N–H and O–H groups in total. The molecular formula is C16H19FN2O3S. The molecule has 0 aliphatic heterocycles. The van der Waals surface area contributed by atoms with E-state index in [0.717, 1.165) is 0 Å². The van der Waals surface area contributed by atoms with Crippen molar-refractivity contribution in [3.05, 3.63) is 54.2 Å². The van der Waals surface area contributed by atoms with Crippen LogP contribution in [0.4, 0.5) is 9.18 Å². The van der Waals surface area contributed by atoms with Crippen molar-refractivity contribution in [2.24, 2.45) is 0 Å². The average Bonchev–Trinajstić information content (AvgIpc) is 3.06. The molecule has 1 aromatic heterocycles. The van der Waals surface area contributed by atoms with Gasteiger partial charge >= 0.3 is 6.03 Å². The Labute approximate surface area is 138 Å². The number of amides is 2. The highest BCUT2D eigenvalue weighted by Crippen LogP contribution is 2.21. The van der Waals surface area contributed by atoms with E-state index in [4.69, 9.17) is 4.42 Å². The Bertz CT molecular complexity index is 632. The number of hydrogen-bond donors (Lipinski definition) is 3. The summed E-state index contributed by atoms with van der Waals surface area (Å²) in [5, 5.41) is 15.4. The predicted molar refractivity (Wildman–Crippen MR) is 86.8 cm³/mol. The van der Waals surface area contributed by atoms with Gasteiger partial charge in [0.05, 0.1) is 12.8 Å². The Morgan fingerprint density at radius 1 is 1.30 bits per heavy atom. The smallest absolute Gasteiger partial charge is 0.314 e. The minimum absolute atomic E-state index is 0.0206. The first kappa shape index (κ1) is 17.4. The molecule has 1 atom stereocenters. The number of rotatable bonds is 7. The Balaban J connectivity index is 1.67. The van der Waals surface area contributed by atoms with Crippen LogP contribution in [0.25, 0.3) is 0 Å². The zero-order valence-corrected chi connectivity index (χ0v) is 13.5. The van der Waals surface area contributed by atoms with E-state index in [0.29, 0.717) is 23.0 Å². The Hall–Kier alpha value is -1.99. The minimum Gasteiger partial charge on any atom is -0.466 e. The number of aliphatic hydroxyl groups is 1. The summed E-state index contributed by atoms with van der Waals surface area (Å²) in [7, 11) is 0. The molecule has 0 aliphatic carbocycles. The lowest BCUT2D eigenvalue weighted by molar-refractivity contribution is 0.0368. The van der Waals surface area contributed by atoms with Crippen LogP contribution in [0.3, 0.4) is 0 Å². The third-order valence-corrected chi connectivity index (χ3v) is 4.18. The Kier molecular flexibility index (Phi) is 6.06. The molecule has 0 unspecified atom stereocenters. The van der Waals surface area contributed by atoms with Crippen LogP contribution in [0, 0.1) is 5.82 Å². The lowest BCUT2D eigenvalue weighted by Gasteiger charge is -2.21. The maximum atomic E-state index is 13.4. The molecule has 0 fully saturated rings. The van der Waals surface area contributed by atoms with Crippen molar-refractivity contribution < 1.29 is 18.7 Å². The van der Waals surface area contributed by atoms with E-state index in [1.165, 1.54) is 24.1 Å². The van der Waals surface area contributed by atoms with Gasteiger partial charge in [-0.25, -0.2) is 9.18 Å². The molecule has 0 saturated carbocycles. The van der Waals surface area contributed by atoms with Crippen molar-refractivity contribution >= 4 is 17.8 Å². The highest BCUT2D eigenvalue weighted by molar-refractivity contribution is 7.99. The second-order valence-corrected chi connectivity index (χ2v) is 6.28. The molecular weight excluding hydrogens is 319 g/mol. The van der Waals surface area contributed by atoms with Gasteiger partial charge in [-0.15, -0.1) is 11.8 Å². The van der Waals surface area contributed by atoms with Crippen LogP contribution < -0.4 is 10.6 Å². The van der Waals surface area contributed by atoms with Crippen molar-refractivity contribution in [1.82, 2.24) is 10.6 Å². The van der Waals surface area contributed by atoms with Crippen molar-refractivity contribution in [1.29, 1.82) is 0 Å². The lowest BCUT2D eigenvalue weighted by Crippen LogP contribution is -2.43. The van der Waals surface area contributed by atoms with Crippen LogP contribution in [-0.4, -0.2) is 30.0 Å². The molecule has 0 saturated heterocycles. The van der Waals surface area contributed by atoms with E-state index in [1.54, 1.807) is 37.3 Å². The van der Waals surface area contributed by atoms with Crippen LogP contribution in [-0.2, 0) is 5.60 Å². The molecule has 0 radical (unpaired) electrons. The first-order chi connectivity index (χ1) is 11.0. The number of urea groups is 1. The molecule has 2 rings (SSSR count). The molecule has 2 amide bonds. The number of carbonyl (C=O) groups excluding carboxylic acids is 1. The molecule has 124 valence electrons. The van der Waals surface area contributed by atoms with Crippen molar-refractivity contribution in [2.45, 2.75) is 17.4 Å². The molecule has 1 aromatic carbocycles. The standard InChI is InChI=1S/C16H19FN2O3S/c1-16(21,14-7-4-9-22-14)11-19-15(20)18-8-10-23-13-6-3-2-5-12(13)17/h2-7,9,21H,8,10-11H2,1H3,(H2,18,19,20)/t16-/m1/s1. The summed E-state index contributed by atoms with van der Waals surface area (Å²) in [5.41, 5.74) is -1.28. The largest absolute Gasteiger partial charge is 0.466 e. The van der Waals surface area contributed by atoms with Gasteiger partial charge in [0.25, 0.3) is 0 Å². The maximum absolute atomic E-state index is 13.4. The molecule has 1 heterocycles. The van der Waals surface area contributed by atoms with Gasteiger partial charge in [-0.3, -0.25) is 0 Å². The van der Waals surface area contributed by atoms with Gasteiger partial charge in [-0.1, -0.05) is 12.1 Å². The maximum Gasteiger partial charge on any atom is 0.314 e. The first-order valence-corrected chi connectivity index (χ1v) is 8.13. The van der Waals surface area contributed by atoms with Gasteiger partial charge in [0.1, 0.15) is 17.2 Å². The second-order valence-electron chi connectivity index (χ2n) is 5.14. The van der Waals surface area contributed by atoms with E-state index in [9.17, 15) is 14.3 Å². The minimum atomic E-state index is -1.28. The number of benzene rings is 1. The van der Waals surface area contributed by atoms with Crippen LogP contribution in [0.1, 0.15) is 12.7 Å². The van der Waals surface area contributed by atoms with Crippen LogP contribution in [0.2, 0.25) is 0 Å². The zero-order valence-electron chi connectivity index (χ0n) is 12.7. The van der Waals surface area contributed by atoms with E-state index in [2.05, 4.69) is 10.6 Å². The van der Waals surface area contributed by atoms with E-state index < -0.39 is 11.6 Å². The molecule has 0 spiro atoms. The number of nitrogens with one attached hydrogen (secondary N) is 2. The molecule has 7 heteroatoms. The first-order valence-electron chi connectivity index (χ1n) is 7.14. The summed E-state index contributed by atoms with van der Waals surface area (Å²) in [6.07, 6.45) is 1.46. The summed E-state index contributed by atoms with van der Waals surface area (Å²) in [5.74, 6) is 0.660. The van der Waals surface area contributed by atoms with Gasteiger partial charge in [-0.05, 0) is 31.2 Å². The molecule has 2 aromatic rings. The fourth-order valence-electron chi connectivity index (χ4n) is 1.87. The fraction of sp³-hybridized carbons (Fsp3) is 0.312. The van der Waals surface area contributed by atoms with Gasteiger partial charge in [0.2, 0.25) is 0 Å². The number of furan rings is 1. The third kappa shape index (κ3) is 5.30. The summed E-state index contributed by atoms with van der Waals surface area (Å²) < 4.78 is 18.5. The second kappa shape index (κ2) is 8.03. The highest BCUT2D eigenvalue weighted by atomic mass is 32.2. The predicted octanol–water partition coefficient (Wildman–Crippen LogP) is 2.72. The molecule has 5 nitrogen and oxygen atoms in total. The van der Waals surface area contributed by atoms with Crippen LogP contribution in [0.15, 0.2) is 52.0 Å². The fourth-order valence-corrected chi connectivity index (χ4v) is 2.68. The number of thioether (sulfide) groups is 1. The number of halogens is 1. The quantitative estimate of drug-likeness (QED) is 0.536. The summed E-state index contributed by atoms with van der Waals surface area (Å²) in [4.78, 5) is 12.2. The van der Waals surface area contributed by atoms with E-state index in [-0.39, 0.29) is 12.4 Å². The van der Waals surface area contributed by atoms with Gasteiger partial charge in [0.15, 0.2) is 0 Å². The summed E-state index contributed by atoms with van der Waals surface area (Å²) in [6, 6.07) is 9.41. The Morgan fingerprint density at radius 2 is 2.09 bits per heavy atom. The monoisotopic (exact) mass is 338 g/mol. The van der Waals surface area contributed by atoms with Crippen molar-refractivity contribution in [2.75, 3.05) is 18.8 Å². The topological polar surface area (TPSA) is 74.5 Å². The van der Waals surface area contributed by atoms with Gasteiger partial charge < -0.3 is 20.2 Å². The van der Waals surface area contributed by atoms with Crippen molar-refractivity contribution in [3.8, 4) is 0 Å². The van der Waals surface area contributed by atoms with Crippen LogP contribution >= 0.6 is 11.8 Å². The molecule has 23 heavy (non-hydrogen) atoms. The normalized spacial score (nSPS) is 13.3. The van der Waals surface area contributed by atoms with Gasteiger partial charge in [-0.2, -0.15) is 0 Å². The number of carbonyl (C=O) groups is 1. The van der Waals surface area contributed by atoms with E-state index >= 15 is 0 Å². The zero-order chi connectivity index (χ0) is 16.7. The average molecular weight is 338 g/mol. The SMILES string of the molecule is C[C@@](O)(CNC(=O)NCCSc1ccccc1F)c1ccco1. The van der Waals surface area contributed by atoms with E-state index in [1.807, 2.05) is 0 Å². The number of hydrogen-bond acceptors (Lipinski definition) is 4. The highest BCUT2D eigenvalue weighted by Gasteiger charge is 2.26.